The largest absolute Gasteiger partial charge is 0.416 e. The van der Waals surface area contributed by atoms with Crippen molar-refractivity contribution in [1.82, 2.24) is 10.2 Å². The highest BCUT2D eigenvalue weighted by atomic mass is 32.2. The lowest BCUT2D eigenvalue weighted by Crippen LogP contribution is -2.13. The van der Waals surface area contributed by atoms with Crippen LogP contribution in [-0.2, 0) is 11.0 Å². The molecule has 0 radical (unpaired) electrons. The van der Waals surface area contributed by atoms with Crippen LogP contribution in [0.2, 0.25) is 0 Å². The number of rotatable bonds is 7. The number of benzene rings is 2. The molecule has 0 bridgehead atoms. The second kappa shape index (κ2) is 9.74. The summed E-state index contributed by atoms with van der Waals surface area (Å²) in [6, 6.07) is 9.26. The molecular formula is C18H12F3N5O4S2. The highest BCUT2D eigenvalue weighted by Gasteiger charge is 2.31. The predicted molar refractivity (Wildman–Crippen MR) is 112 cm³/mol. The SMILES string of the molecule is O=C(CSc1nnc(NC(=O)c2cccc(C(F)(F)F)c2)s1)Nc1ccc([N+](=O)[O-])cc1. The standard InChI is InChI=1S/C18H12F3N5O4S2/c19-18(20,21)11-3-1-2-10(8-11)15(28)23-16-24-25-17(32-16)31-9-14(27)22-12-4-6-13(7-5-12)26(29)30/h1-8H,9H2,(H,22,27)(H,23,24,28). The van der Waals surface area contributed by atoms with Crippen molar-refractivity contribution in [3.63, 3.8) is 0 Å². The monoisotopic (exact) mass is 483 g/mol. The first-order valence-electron chi connectivity index (χ1n) is 8.61. The van der Waals surface area contributed by atoms with Gasteiger partial charge in [0.2, 0.25) is 11.0 Å². The molecule has 0 saturated heterocycles. The maximum atomic E-state index is 12.8. The molecule has 0 aliphatic rings. The minimum atomic E-state index is -4.57. The summed E-state index contributed by atoms with van der Waals surface area (Å²) in [6.45, 7) is 0. The molecule has 0 spiro atoms. The zero-order chi connectivity index (χ0) is 23.3. The Balaban J connectivity index is 1.53. The summed E-state index contributed by atoms with van der Waals surface area (Å²) in [5, 5.41) is 23.2. The van der Waals surface area contributed by atoms with Gasteiger partial charge in [0, 0.05) is 23.4 Å². The number of nitrogens with zero attached hydrogens (tertiary/aromatic N) is 3. The van der Waals surface area contributed by atoms with Gasteiger partial charge in [-0.3, -0.25) is 25.0 Å². The number of thioether (sulfide) groups is 1. The van der Waals surface area contributed by atoms with E-state index in [9.17, 15) is 32.9 Å². The smallest absolute Gasteiger partial charge is 0.325 e. The van der Waals surface area contributed by atoms with E-state index in [0.717, 1.165) is 41.3 Å². The van der Waals surface area contributed by atoms with Crippen molar-refractivity contribution >= 4 is 51.4 Å². The van der Waals surface area contributed by atoms with Crippen LogP contribution in [0.1, 0.15) is 15.9 Å². The molecule has 0 aliphatic carbocycles. The van der Waals surface area contributed by atoms with Gasteiger partial charge in [-0.25, -0.2) is 0 Å². The van der Waals surface area contributed by atoms with Gasteiger partial charge in [0.25, 0.3) is 11.6 Å². The van der Waals surface area contributed by atoms with Crippen molar-refractivity contribution in [2.45, 2.75) is 10.5 Å². The number of anilines is 2. The number of alkyl halides is 3. The Labute approximate surface area is 186 Å². The molecule has 0 unspecified atom stereocenters. The zero-order valence-electron chi connectivity index (χ0n) is 15.8. The van der Waals surface area contributed by atoms with Crippen molar-refractivity contribution in [3.05, 3.63) is 69.8 Å². The third kappa shape index (κ3) is 6.24. The van der Waals surface area contributed by atoms with Gasteiger partial charge in [0.15, 0.2) is 4.34 Å². The van der Waals surface area contributed by atoms with Gasteiger partial charge in [-0.15, -0.1) is 10.2 Å². The summed E-state index contributed by atoms with van der Waals surface area (Å²) in [4.78, 5) is 34.3. The Hall–Kier alpha value is -3.52. The summed E-state index contributed by atoms with van der Waals surface area (Å²) in [5.41, 5.74) is -0.858. The first kappa shape index (κ1) is 23.1. The number of aromatic nitrogens is 2. The van der Waals surface area contributed by atoms with Gasteiger partial charge in [-0.1, -0.05) is 29.2 Å². The van der Waals surface area contributed by atoms with E-state index in [-0.39, 0.29) is 22.1 Å². The molecule has 0 saturated carbocycles. The number of nitrogens with one attached hydrogen (secondary N) is 2. The average molecular weight is 483 g/mol. The lowest BCUT2D eigenvalue weighted by molar-refractivity contribution is -0.384. The van der Waals surface area contributed by atoms with Gasteiger partial charge in [0.1, 0.15) is 0 Å². The van der Waals surface area contributed by atoms with E-state index in [4.69, 9.17) is 0 Å². The molecule has 0 aliphatic heterocycles. The number of amides is 2. The molecule has 2 amide bonds. The lowest BCUT2D eigenvalue weighted by Gasteiger charge is -2.08. The van der Waals surface area contributed by atoms with Gasteiger partial charge in [0.05, 0.1) is 16.2 Å². The molecule has 0 atom stereocenters. The Bertz CT molecular complexity index is 1150. The highest BCUT2D eigenvalue weighted by Crippen LogP contribution is 2.30. The maximum Gasteiger partial charge on any atom is 0.416 e. The molecule has 32 heavy (non-hydrogen) atoms. The molecule has 2 aromatic carbocycles. The molecule has 3 rings (SSSR count). The normalized spacial score (nSPS) is 11.1. The van der Waals surface area contributed by atoms with Gasteiger partial charge in [-0.05, 0) is 30.3 Å². The van der Waals surface area contributed by atoms with E-state index in [2.05, 4.69) is 20.8 Å². The first-order chi connectivity index (χ1) is 15.1. The molecule has 2 N–H and O–H groups in total. The Morgan fingerprint density at radius 2 is 1.81 bits per heavy atom. The van der Waals surface area contributed by atoms with Crippen molar-refractivity contribution in [2.24, 2.45) is 0 Å². The molecule has 1 aromatic heterocycles. The van der Waals surface area contributed by atoms with E-state index >= 15 is 0 Å². The second-order valence-electron chi connectivity index (χ2n) is 6.05. The Morgan fingerprint density at radius 3 is 2.47 bits per heavy atom. The van der Waals surface area contributed by atoms with Crippen LogP contribution in [0.25, 0.3) is 0 Å². The topological polar surface area (TPSA) is 127 Å². The molecule has 1 heterocycles. The minimum Gasteiger partial charge on any atom is -0.325 e. The highest BCUT2D eigenvalue weighted by molar-refractivity contribution is 8.01. The summed E-state index contributed by atoms with van der Waals surface area (Å²) in [5.74, 6) is -1.22. The van der Waals surface area contributed by atoms with Crippen LogP contribution < -0.4 is 10.6 Å². The average Bonchev–Trinajstić information content (AvgIpc) is 3.19. The zero-order valence-corrected chi connectivity index (χ0v) is 17.4. The van der Waals surface area contributed by atoms with E-state index < -0.39 is 28.5 Å². The van der Waals surface area contributed by atoms with E-state index in [0.29, 0.717) is 10.0 Å². The molecule has 166 valence electrons. The number of nitro benzene ring substituents is 1. The fourth-order valence-electron chi connectivity index (χ4n) is 2.32. The molecule has 0 fully saturated rings. The van der Waals surface area contributed by atoms with Gasteiger partial charge >= 0.3 is 6.18 Å². The van der Waals surface area contributed by atoms with Crippen LogP contribution in [0.5, 0.6) is 0 Å². The predicted octanol–water partition coefficient (Wildman–Crippen LogP) is 4.45. The Kier molecular flexibility index (Phi) is 7.05. The van der Waals surface area contributed by atoms with E-state index in [1.54, 1.807) is 0 Å². The molecule has 3 aromatic rings. The summed E-state index contributed by atoms with van der Waals surface area (Å²) >= 11 is 1.98. The number of halogens is 3. The number of hydrogen-bond acceptors (Lipinski definition) is 8. The van der Waals surface area contributed by atoms with Gasteiger partial charge < -0.3 is 5.32 Å². The maximum absolute atomic E-state index is 12.8. The first-order valence-corrected chi connectivity index (χ1v) is 10.4. The van der Waals surface area contributed by atoms with Crippen molar-refractivity contribution in [2.75, 3.05) is 16.4 Å². The van der Waals surface area contributed by atoms with Gasteiger partial charge in [-0.2, -0.15) is 13.2 Å². The van der Waals surface area contributed by atoms with E-state index in [1.807, 2.05) is 0 Å². The molecular weight excluding hydrogens is 471 g/mol. The van der Waals surface area contributed by atoms with Crippen LogP contribution >= 0.6 is 23.1 Å². The number of hydrogen-bond donors (Lipinski definition) is 2. The van der Waals surface area contributed by atoms with Crippen LogP contribution in [-0.4, -0.2) is 32.7 Å². The van der Waals surface area contributed by atoms with Crippen LogP contribution in [0.15, 0.2) is 52.9 Å². The summed E-state index contributed by atoms with van der Waals surface area (Å²) in [7, 11) is 0. The van der Waals surface area contributed by atoms with Crippen molar-refractivity contribution in [3.8, 4) is 0 Å². The second-order valence-corrected chi connectivity index (χ2v) is 8.25. The fourth-order valence-corrected chi connectivity index (χ4v) is 3.86. The summed E-state index contributed by atoms with van der Waals surface area (Å²) < 4.78 is 38.7. The third-order valence-electron chi connectivity index (χ3n) is 3.77. The van der Waals surface area contributed by atoms with Crippen LogP contribution in [0.4, 0.5) is 29.7 Å². The number of carbonyl (C=O) groups is 2. The van der Waals surface area contributed by atoms with Crippen molar-refractivity contribution in [1.29, 1.82) is 0 Å². The number of carbonyl (C=O) groups excluding carboxylic acids is 2. The molecule has 9 nitrogen and oxygen atoms in total. The molecule has 14 heteroatoms. The number of non-ortho nitro benzene ring substituents is 1. The fraction of sp³-hybridized carbons (Fsp3) is 0.111. The minimum absolute atomic E-state index is 0.0484. The summed E-state index contributed by atoms with van der Waals surface area (Å²) in [6.07, 6.45) is -4.57. The number of nitro groups is 1. The van der Waals surface area contributed by atoms with Crippen LogP contribution in [0.3, 0.4) is 0 Å². The Morgan fingerprint density at radius 1 is 1.09 bits per heavy atom. The quantitative estimate of drug-likeness (QED) is 0.220. The van der Waals surface area contributed by atoms with E-state index in [1.165, 1.54) is 30.3 Å². The third-order valence-corrected chi connectivity index (χ3v) is 5.74. The van der Waals surface area contributed by atoms with Crippen LogP contribution in [0, 0.1) is 10.1 Å². The van der Waals surface area contributed by atoms with Crippen molar-refractivity contribution < 1.29 is 27.7 Å². The lowest BCUT2D eigenvalue weighted by atomic mass is 10.1.